The van der Waals surface area contributed by atoms with E-state index in [2.05, 4.69) is 22.4 Å². The van der Waals surface area contributed by atoms with Crippen LogP contribution < -0.4 is 0 Å². The highest BCUT2D eigenvalue weighted by Crippen LogP contribution is 2.16. The van der Waals surface area contributed by atoms with Crippen LogP contribution in [0.2, 0.25) is 0 Å². The van der Waals surface area contributed by atoms with Crippen molar-refractivity contribution >= 4 is 11.3 Å². The molecule has 1 aliphatic heterocycles. The summed E-state index contributed by atoms with van der Waals surface area (Å²) in [6.07, 6.45) is 3.81. The summed E-state index contributed by atoms with van der Waals surface area (Å²) < 4.78 is 0. The second-order valence-corrected chi connectivity index (χ2v) is 5.38. The van der Waals surface area contributed by atoms with Crippen LogP contribution in [0.15, 0.2) is 17.5 Å². The predicted molar refractivity (Wildman–Crippen MR) is 64.3 cm³/mol. The lowest BCUT2D eigenvalue weighted by atomic mass is 10.0. The molecule has 15 heavy (non-hydrogen) atoms. The van der Waals surface area contributed by atoms with Gasteiger partial charge in [0, 0.05) is 30.5 Å². The summed E-state index contributed by atoms with van der Waals surface area (Å²) in [6, 6.07) is 4.34. The molecule has 1 aliphatic rings. The zero-order chi connectivity index (χ0) is 10.5. The Bertz CT molecular complexity index is 267. The molecule has 1 fully saturated rings. The van der Waals surface area contributed by atoms with Crippen LogP contribution in [0, 0.1) is 5.92 Å². The zero-order valence-corrected chi connectivity index (χ0v) is 9.88. The maximum absolute atomic E-state index is 8.88. The minimum absolute atomic E-state index is 0.367. The van der Waals surface area contributed by atoms with Crippen molar-refractivity contribution < 1.29 is 5.11 Å². The number of nitrogens with zero attached hydrogens (tertiary/aromatic N) is 1. The maximum atomic E-state index is 8.88. The second-order valence-electron chi connectivity index (χ2n) is 4.34. The first-order valence-corrected chi connectivity index (χ1v) is 6.62. The fourth-order valence-electron chi connectivity index (χ4n) is 2.06. The molecule has 0 amide bonds. The highest BCUT2D eigenvalue weighted by atomic mass is 32.1. The second kappa shape index (κ2) is 5.64. The van der Waals surface area contributed by atoms with Crippen LogP contribution >= 0.6 is 11.3 Å². The smallest absolute Gasteiger partial charge is 0.0483 e. The summed E-state index contributed by atoms with van der Waals surface area (Å²) in [4.78, 5) is 3.95. The molecule has 0 aromatic carbocycles. The third-order valence-electron chi connectivity index (χ3n) is 3.02. The number of hydrogen-bond acceptors (Lipinski definition) is 3. The van der Waals surface area contributed by atoms with Gasteiger partial charge in [0.1, 0.15) is 0 Å². The lowest BCUT2D eigenvalue weighted by Gasteiger charge is -2.38. The van der Waals surface area contributed by atoms with Gasteiger partial charge in [0.25, 0.3) is 0 Å². The average Bonchev–Trinajstić information content (AvgIpc) is 2.67. The van der Waals surface area contributed by atoms with Crippen LogP contribution in [0.25, 0.3) is 0 Å². The van der Waals surface area contributed by atoms with Gasteiger partial charge in [-0.3, -0.25) is 0 Å². The molecule has 0 unspecified atom stereocenters. The normalized spacial score (nSPS) is 17.9. The van der Waals surface area contributed by atoms with Crippen LogP contribution in [0.1, 0.15) is 17.7 Å². The van der Waals surface area contributed by atoms with Crippen molar-refractivity contribution in [2.45, 2.75) is 19.3 Å². The first-order valence-electron chi connectivity index (χ1n) is 5.74. The third kappa shape index (κ3) is 3.30. The van der Waals surface area contributed by atoms with Crippen molar-refractivity contribution in [2.75, 3.05) is 26.2 Å². The molecule has 0 bridgehead atoms. The molecule has 0 saturated carbocycles. The summed E-state index contributed by atoms with van der Waals surface area (Å²) in [5.74, 6) is 0.558. The topological polar surface area (TPSA) is 23.5 Å². The summed E-state index contributed by atoms with van der Waals surface area (Å²) >= 11 is 1.86. The Morgan fingerprint density at radius 1 is 1.40 bits per heavy atom. The van der Waals surface area contributed by atoms with E-state index in [4.69, 9.17) is 5.11 Å². The summed E-state index contributed by atoms with van der Waals surface area (Å²) in [6.45, 7) is 3.79. The van der Waals surface area contributed by atoms with Crippen molar-refractivity contribution in [1.82, 2.24) is 4.90 Å². The Morgan fingerprint density at radius 2 is 2.27 bits per heavy atom. The molecule has 1 aromatic rings. The van der Waals surface area contributed by atoms with E-state index in [0.717, 1.165) is 13.1 Å². The lowest BCUT2D eigenvalue weighted by molar-refractivity contribution is 0.0529. The fourth-order valence-corrected chi connectivity index (χ4v) is 2.82. The number of aliphatic hydroxyl groups is 1. The van der Waals surface area contributed by atoms with Crippen molar-refractivity contribution in [3.63, 3.8) is 0 Å². The number of hydrogen-bond donors (Lipinski definition) is 1. The molecule has 2 rings (SSSR count). The third-order valence-corrected chi connectivity index (χ3v) is 3.95. The highest BCUT2D eigenvalue weighted by molar-refractivity contribution is 7.09. The van der Waals surface area contributed by atoms with Gasteiger partial charge < -0.3 is 10.0 Å². The molecule has 0 spiro atoms. The van der Waals surface area contributed by atoms with E-state index in [-0.39, 0.29) is 0 Å². The Kier molecular flexibility index (Phi) is 4.18. The van der Waals surface area contributed by atoms with Gasteiger partial charge >= 0.3 is 0 Å². The van der Waals surface area contributed by atoms with Crippen molar-refractivity contribution in [1.29, 1.82) is 0 Å². The molecule has 0 aliphatic carbocycles. The molecular weight excluding hydrogens is 206 g/mol. The van der Waals surface area contributed by atoms with E-state index in [1.54, 1.807) is 0 Å². The van der Waals surface area contributed by atoms with E-state index in [1.165, 1.54) is 30.7 Å². The molecular formula is C12H19NOS. The van der Waals surface area contributed by atoms with E-state index < -0.39 is 0 Å². The number of aryl methyl sites for hydroxylation is 1. The largest absolute Gasteiger partial charge is 0.396 e. The minimum atomic E-state index is 0.367. The summed E-state index contributed by atoms with van der Waals surface area (Å²) in [7, 11) is 0. The number of aliphatic hydroxyl groups excluding tert-OH is 1. The number of rotatable bonds is 6. The van der Waals surface area contributed by atoms with Crippen molar-refractivity contribution in [3.8, 4) is 0 Å². The Morgan fingerprint density at radius 3 is 2.93 bits per heavy atom. The van der Waals surface area contributed by atoms with Gasteiger partial charge in [-0.15, -0.1) is 11.3 Å². The minimum Gasteiger partial charge on any atom is -0.396 e. The van der Waals surface area contributed by atoms with Crippen molar-refractivity contribution in [3.05, 3.63) is 22.4 Å². The monoisotopic (exact) mass is 225 g/mol. The SMILES string of the molecule is OCC1CN(CCCCc2cccs2)C1. The number of likely N-dealkylation sites (tertiary alicyclic amines) is 1. The summed E-state index contributed by atoms with van der Waals surface area (Å²) in [5.41, 5.74) is 0. The maximum Gasteiger partial charge on any atom is 0.0483 e. The van der Waals surface area contributed by atoms with Crippen LogP contribution in [0.5, 0.6) is 0 Å². The first kappa shape index (κ1) is 11.1. The van der Waals surface area contributed by atoms with Gasteiger partial charge in [0.15, 0.2) is 0 Å². The van der Waals surface area contributed by atoms with Gasteiger partial charge in [0.05, 0.1) is 0 Å². The van der Waals surface area contributed by atoms with Gasteiger partial charge in [-0.05, 0) is 37.3 Å². The van der Waals surface area contributed by atoms with Crippen LogP contribution in [0.4, 0.5) is 0 Å². The molecule has 1 N–H and O–H groups in total. The van der Waals surface area contributed by atoms with Gasteiger partial charge in [-0.2, -0.15) is 0 Å². The molecule has 3 heteroatoms. The van der Waals surface area contributed by atoms with Crippen molar-refractivity contribution in [2.24, 2.45) is 5.92 Å². The standard InChI is InChI=1S/C12H19NOS/c14-10-11-8-13(9-11)6-2-1-4-12-5-3-7-15-12/h3,5,7,11,14H,1-2,4,6,8-10H2. The molecule has 84 valence electrons. The van der Waals surface area contributed by atoms with Gasteiger partial charge in [-0.1, -0.05) is 6.07 Å². The average molecular weight is 225 g/mol. The Hall–Kier alpha value is -0.380. The molecule has 2 nitrogen and oxygen atoms in total. The zero-order valence-electron chi connectivity index (χ0n) is 9.06. The van der Waals surface area contributed by atoms with E-state index in [1.807, 2.05) is 11.3 Å². The molecule has 1 saturated heterocycles. The Labute approximate surface area is 95.5 Å². The van der Waals surface area contributed by atoms with Crippen LogP contribution in [-0.4, -0.2) is 36.2 Å². The van der Waals surface area contributed by atoms with Gasteiger partial charge in [0.2, 0.25) is 0 Å². The predicted octanol–water partition coefficient (Wildman–Crippen LogP) is 1.99. The lowest BCUT2D eigenvalue weighted by Crippen LogP contribution is -2.48. The molecule has 0 radical (unpaired) electrons. The molecule has 0 atom stereocenters. The number of unbranched alkanes of at least 4 members (excludes halogenated alkanes) is 1. The molecule has 1 aromatic heterocycles. The Balaban J connectivity index is 1.50. The number of thiophene rings is 1. The van der Waals surface area contributed by atoms with Crippen LogP contribution in [0.3, 0.4) is 0 Å². The quantitative estimate of drug-likeness (QED) is 0.749. The van der Waals surface area contributed by atoms with Gasteiger partial charge in [-0.25, -0.2) is 0 Å². The first-order chi connectivity index (χ1) is 7.38. The molecule has 2 heterocycles. The van der Waals surface area contributed by atoms with Crippen LogP contribution in [-0.2, 0) is 6.42 Å². The summed E-state index contributed by atoms with van der Waals surface area (Å²) in [5, 5.41) is 11.0. The van der Waals surface area contributed by atoms with E-state index in [0.29, 0.717) is 12.5 Å². The van der Waals surface area contributed by atoms with E-state index in [9.17, 15) is 0 Å². The fraction of sp³-hybridized carbons (Fsp3) is 0.667. The van der Waals surface area contributed by atoms with E-state index >= 15 is 0 Å². The highest BCUT2D eigenvalue weighted by Gasteiger charge is 2.24.